The molecule has 3 N–H and O–H groups in total. The maximum absolute atomic E-state index is 12.7. The number of benzene rings is 1. The number of nitrogens with zero attached hydrogens (tertiary/aromatic N) is 1. The number of carbonyl (C=O) groups is 1. The van der Waals surface area contributed by atoms with Gasteiger partial charge in [0.1, 0.15) is 11.9 Å². The summed E-state index contributed by atoms with van der Waals surface area (Å²) in [5, 5.41) is 17.9. The largest absolute Gasteiger partial charge is 0.489 e. The Morgan fingerprint density at radius 2 is 2.11 bits per heavy atom. The second-order valence-electron chi connectivity index (χ2n) is 8.26. The third-order valence-electron chi connectivity index (χ3n) is 5.91. The van der Waals surface area contributed by atoms with E-state index in [0.29, 0.717) is 29.4 Å². The van der Waals surface area contributed by atoms with Crippen LogP contribution < -0.4 is 15.4 Å². The first-order valence-electron chi connectivity index (χ1n) is 10.5. The minimum absolute atomic E-state index is 0.0213. The fraction of sp³-hybridized carbons (Fsp3) is 0.667. The number of aliphatic hydroxyl groups is 1. The van der Waals surface area contributed by atoms with E-state index < -0.39 is 6.10 Å². The van der Waals surface area contributed by atoms with Crippen molar-refractivity contribution in [3.8, 4) is 5.75 Å². The predicted molar refractivity (Wildman–Crippen MR) is 109 cm³/mol. The molecule has 7 heteroatoms. The van der Waals surface area contributed by atoms with Gasteiger partial charge in [0.25, 0.3) is 0 Å². The van der Waals surface area contributed by atoms with Gasteiger partial charge in [-0.1, -0.05) is 17.7 Å². The number of rotatable bonds is 8. The minimum atomic E-state index is -0.814. The van der Waals surface area contributed by atoms with Crippen LogP contribution in [-0.2, 0) is 4.79 Å². The lowest BCUT2D eigenvalue weighted by molar-refractivity contribution is -0.126. The predicted octanol–water partition coefficient (Wildman–Crippen LogP) is 2.10. The summed E-state index contributed by atoms with van der Waals surface area (Å²) >= 11 is 6.39. The van der Waals surface area contributed by atoms with E-state index in [1.165, 1.54) is 12.8 Å². The Bertz CT molecular complexity index is 685. The molecule has 0 bridgehead atoms. The van der Waals surface area contributed by atoms with Crippen molar-refractivity contribution in [2.75, 3.05) is 32.7 Å². The van der Waals surface area contributed by atoms with Gasteiger partial charge in [-0.15, -0.1) is 0 Å². The lowest BCUT2D eigenvalue weighted by Crippen LogP contribution is -2.48. The lowest BCUT2D eigenvalue weighted by Gasteiger charge is -2.29. The molecule has 28 heavy (non-hydrogen) atoms. The van der Waals surface area contributed by atoms with Crippen molar-refractivity contribution in [2.24, 2.45) is 5.92 Å². The first kappa shape index (κ1) is 20.0. The molecule has 1 aromatic carbocycles. The summed E-state index contributed by atoms with van der Waals surface area (Å²) in [4.78, 5) is 15.0. The van der Waals surface area contributed by atoms with Gasteiger partial charge in [0, 0.05) is 13.1 Å². The first-order chi connectivity index (χ1) is 13.6. The zero-order chi connectivity index (χ0) is 19.5. The zero-order valence-corrected chi connectivity index (χ0v) is 17.0. The van der Waals surface area contributed by atoms with Crippen molar-refractivity contribution >= 4 is 17.5 Å². The van der Waals surface area contributed by atoms with Crippen LogP contribution in [0.5, 0.6) is 5.75 Å². The zero-order valence-electron chi connectivity index (χ0n) is 16.2. The van der Waals surface area contributed by atoms with Gasteiger partial charge in [0.2, 0.25) is 5.91 Å². The van der Waals surface area contributed by atoms with Gasteiger partial charge in [-0.2, -0.15) is 0 Å². The van der Waals surface area contributed by atoms with Gasteiger partial charge >= 0.3 is 0 Å². The van der Waals surface area contributed by atoms with Gasteiger partial charge < -0.3 is 25.4 Å². The molecular weight excluding hydrogens is 378 g/mol. The molecule has 154 valence electrons. The molecule has 0 radical (unpaired) electrons. The van der Waals surface area contributed by atoms with Gasteiger partial charge in [0.05, 0.1) is 23.1 Å². The number of aliphatic hydroxyl groups excluding tert-OH is 1. The summed E-state index contributed by atoms with van der Waals surface area (Å²) in [5.41, 5.74) is 0.710. The Labute approximate surface area is 171 Å². The summed E-state index contributed by atoms with van der Waals surface area (Å²) in [6.45, 7) is 4.25. The average molecular weight is 408 g/mol. The average Bonchev–Trinajstić information content (AvgIpc) is 3.13. The van der Waals surface area contributed by atoms with E-state index >= 15 is 0 Å². The smallest absolute Gasteiger partial charge is 0.224 e. The fourth-order valence-electron chi connectivity index (χ4n) is 4.04. The van der Waals surface area contributed by atoms with Crippen molar-refractivity contribution in [3.05, 3.63) is 28.8 Å². The van der Waals surface area contributed by atoms with Crippen molar-refractivity contribution in [1.29, 1.82) is 0 Å². The number of ether oxygens (including phenoxy) is 1. The number of hydrogen-bond donors (Lipinski definition) is 3. The van der Waals surface area contributed by atoms with Crippen molar-refractivity contribution in [1.82, 2.24) is 15.5 Å². The van der Waals surface area contributed by atoms with Crippen LogP contribution in [0.1, 0.15) is 43.8 Å². The van der Waals surface area contributed by atoms with Gasteiger partial charge in [-0.05, 0) is 69.4 Å². The summed E-state index contributed by atoms with van der Waals surface area (Å²) < 4.78 is 5.79. The van der Waals surface area contributed by atoms with Gasteiger partial charge in [-0.25, -0.2) is 0 Å². The van der Waals surface area contributed by atoms with Crippen LogP contribution in [0, 0.1) is 5.92 Å². The van der Waals surface area contributed by atoms with E-state index in [4.69, 9.17) is 16.3 Å². The molecule has 2 heterocycles. The first-order valence-corrected chi connectivity index (χ1v) is 10.9. The van der Waals surface area contributed by atoms with Crippen molar-refractivity contribution in [3.63, 3.8) is 0 Å². The molecule has 2 aliphatic heterocycles. The van der Waals surface area contributed by atoms with Crippen LogP contribution in [-0.4, -0.2) is 60.8 Å². The van der Waals surface area contributed by atoms with Crippen LogP contribution in [0.3, 0.4) is 0 Å². The molecule has 3 aliphatic rings. The Kier molecular flexibility index (Phi) is 6.41. The molecule has 0 aromatic heterocycles. The SMILES string of the molecule is O=C(N[C@H](CN1CCCC1)[C@H](O)c1ccc(OC2CC2)c(Cl)c1)C1CCNC1. The van der Waals surface area contributed by atoms with E-state index in [0.717, 1.165) is 38.9 Å². The van der Waals surface area contributed by atoms with Crippen LogP contribution >= 0.6 is 11.6 Å². The minimum Gasteiger partial charge on any atom is -0.489 e. The molecule has 3 fully saturated rings. The van der Waals surface area contributed by atoms with E-state index in [-0.39, 0.29) is 24.0 Å². The number of amides is 1. The molecule has 1 saturated carbocycles. The molecule has 1 aliphatic carbocycles. The van der Waals surface area contributed by atoms with Crippen LogP contribution in [0.4, 0.5) is 0 Å². The Balaban J connectivity index is 1.46. The Morgan fingerprint density at radius 1 is 1.32 bits per heavy atom. The summed E-state index contributed by atoms with van der Waals surface area (Å²) in [6.07, 6.45) is 4.78. The van der Waals surface area contributed by atoms with E-state index in [2.05, 4.69) is 15.5 Å². The highest BCUT2D eigenvalue weighted by Gasteiger charge is 2.31. The molecule has 2 saturated heterocycles. The number of hydrogen-bond acceptors (Lipinski definition) is 5. The number of nitrogens with one attached hydrogen (secondary N) is 2. The fourth-order valence-corrected chi connectivity index (χ4v) is 4.27. The summed E-state index contributed by atoms with van der Waals surface area (Å²) in [7, 11) is 0. The van der Waals surface area contributed by atoms with Crippen molar-refractivity contribution in [2.45, 2.75) is 50.4 Å². The summed E-state index contributed by atoms with van der Waals surface area (Å²) in [6, 6.07) is 5.09. The van der Waals surface area contributed by atoms with E-state index in [1.807, 2.05) is 12.1 Å². The maximum Gasteiger partial charge on any atom is 0.224 e. The molecule has 1 unspecified atom stereocenters. The third-order valence-corrected chi connectivity index (χ3v) is 6.20. The topological polar surface area (TPSA) is 73.8 Å². The number of halogens is 1. The van der Waals surface area contributed by atoms with Gasteiger partial charge in [0.15, 0.2) is 0 Å². The monoisotopic (exact) mass is 407 g/mol. The highest BCUT2D eigenvalue weighted by molar-refractivity contribution is 6.32. The van der Waals surface area contributed by atoms with Crippen LogP contribution in [0.15, 0.2) is 18.2 Å². The normalized spacial score (nSPS) is 24.9. The van der Waals surface area contributed by atoms with E-state index in [9.17, 15) is 9.90 Å². The summed E-state index contributed by atoms with van der Waals surface area (Å²) in [5.74, 6) is 0.663. The van der Waals surface area contributed by atoms with Crippen LogP contribution in [0.2, 0.25) is 5.02 Å². The molecule has 4 rings (SSSR count). The Hall–Kier alpha value is -1.34. The molecule has 1 amide bonds. The molecule has 1 aromatic rings. The van der Waals surface area contributed by atoms with Crippen molar-refractivity contribution < 1.29 is 14.6 Å². The second kappa shape index (κ2) is 8.99. The van der Waals surface area contributed by atoms with Gasteiger partial charge in [-0.3, -0.25) is 4.79 Å². The van der Waals surface area contributed by atoms with Crippen LogP contribution in [0.25, 0.3) is 0 Å². The quantitative estimate of drug-likeness (QED) is 0.615. The standard InChI is InChI=1S/C21H30ClN3O3/c22-17-11-14(3-6-19(17)28-16-4-5-16)20(26)18(13-25-9-1-2-10-25)24-21(27)15-7-8-23-12-15/h3,6,11,15-16,18,20,23,26H,1-2,4-5,7-10,12-13H2,(H,24,27)/t15?,18-,20-/m1/s1. The second-order valence-corrected chi connectivity index (χ2v) is 8.67. The molecule has 6 nitrogen and oxygen atoms in total. The molecule has 3 atom stereocenters. The van der Waals surface area contributed by atoms with E-state index in [1.54, 1.807) is 6.07 Å². The third kappa shape index (κ3) is 4.98. The highest BCUT2D eigenvalue weighted by atomic mass is 35.5. The highest BCUT2D eigenvalue weighted by Crippen LogP contribution is 2.34. The maximum atomic E-state index is 12.7. The molecule has 0 spiro atoms. The molecular formula is C21H30ClN3O3. The Morgan fingerprint density at radius 3 is 2.75 bits per heavy atom. The number of carbonyl (C=O) groups excluding carboxylic acids is 1. The number of likely N-dealkylation sites (tertiary alicyclic amines) is 1. The lowest BCUT2D eigenvalue weighted by atomic mass is 10.00.